The molecule has 0 radical (unpaired) electrons. The summed E-state index contributed by atoms with van der Waals surface area (Å²) in [6.07, 6.45) is 5.69. The Labute approximate surface area is 146 Å². The maximum absolute atomic E-state index is 12.6. The lowest BCUT2D eigenvalue weighted by Crippen LogP contribution is -2.29. The maximum atomic E-state index is 12.6. The smallest absolute Gasteiger partial charge is 0.227 e. The zero-order chi connectivity index (χ0) is 17.6. The molecule has 0 unspecified atom stereocenters. The highest BCUT2D eigenvalue weighted by atomic mass is 16.1. The number of carbonyl (C=O) groups excluding carboxylic acids is 1. The molecule has 2 heterocycles. The average Bonchev–Trinajstić information content (AvgIpc) is 3.03. The van der Waals surface area contributed by atoms with Gasteiger partial charge in [-0.15, -0.1) is 0 Å². The Bertz CT molecular complexity index is 830. The highest BCUT2D eigenvalue weighted by Crippen LogP contribution is 2.20. The summed E-state index contributed by atoms with van der Waals surface area (Å²) in [5.74, 6) is -0.121. The number of nitrogens with zero attached hydrogens (tertiary/aromatic N) is 4. The van der Waals surface area contributed by atoms with Gasteiger partial charge in [-0.1, -0.05) is 37.3 Å². The van der Waals surface area contributed by atoms with Crippen LogP contribution in [-0.4, -0.2) is 25.7 Å². The SMILES string of the molecule is CC[C@@H](C(=O)NCc1cc(-c2cnccn2)nn1C)c1ccccc1. The van der Waals surface area contributed by atoms with Crippen LogP contribution in [0.1, 0.15) is 30.5 Å². The molecule has 1 atom stereocenters. The van der Waals surface area contributed by atoms with Crippen molar-refractivity contribution in [3.05, 3.63) is 66.2 Å². The number of rotatable bonds is 6. The van der Waals surface area contributed by atoms with Crippen molar-refractivity contribution in [1.29, 1.82) is 0 Å². The summed E-state index contributed by atoms with van der Waals surface area (Å²) < 4.78 is 1.76. The van der Waals surface area contributed by atoms with Crippen LogP contribution in [0.5, 0.6) is 0 Å². The van der Waals surface area contributed by atoms with Gasteiger partial charge in [-0.3, -0.25) is 19.4 Å². The maximum Gasteiger partial charge on any atom is 0.227 e. The number of nitrogens with one attached hydrogen (secondary N) is 1. The van der Waals surface area contributed by atoms with Gasteiger partial charge in [-0.25, -0.2) is 0 Å². The molecular formula is C19H21N5O. The average molecular weight is 335 g/mol. The van der Waals surface area contributed by atoms with E-state index in [0.29, 0.717) is 12.2 Å². The predicted molar refractivity (Wildman–Crippen MR) is 95.6 cm³/mol. The molecule has 3 rings (SSSR count). The first-order chi connectivity index (χ1) is 12.2. The van der Waals surface area contributed by atoms with Crippen LogP contribution in [0.25, 0.3) is 11.4 Å². The van der Waals surface area contributed by atoms with Crippen LogP contribution in [0.4, 0.5) is 0 Å². The summed E-state index contributed by atoms with van der Waals surface area (Å²) >= 11 is 0. The van der Waals surface area contributed by atoms with E-state index >= 15 is 0 Å². The quantitative estimate of drug-likeness (QED) is 0.752. The van der Waals surface area contributed by atoms with E-state index in [1.165, 1.54) is 0 Å². The second kappa shape index (κ2) is 7.70. The van der Waals surface area contributed by atoms with Gasteiger partial charge in [0.1, 0.15) is 11.4 Å². The minimum Gasteiger partial charge on any atom is -0.350 e. The third-order valence-corrected chi connectivity index (χ3v) is 4.17. The molecule has 128 valence electrons. The lowest BCUT2D eigenvalue weighted by atomic mass is 9.96. The fraction of sp³-hybridized carbons (Fsp3) is 0.263. The highest BCUT2D eigenvalue weighted by molar-refractivity contribution is 5.83. The Morgan fingerprint density at radius 2 is 2.00 bits per heavy atom. The fourth-order valence-corrected chi connectivity index (χ4v) is 2.79. The molecule has 0 aliphatic heterocycles. The summed E-state index contributed by atoms with van der Waals surface area (Å²) in [6, 6.07) is 11.8. The van der Waals surface area contributed by atoms with Crippen LogP contribution in [0.2, 0.25) is 0 Å². The fourth-order valence-electron chi connectivity index (χ4n) is 2.79. The van der Waals surface area contributed by atoms with Gasteiger partial charge in [0, 0.05) is 19.4 Å². The van der Waals surface area contributed by atoms with E-state index in [9.17, 15) is 4.79 Å². The molecule has 6 heteroatoms. The first-order valence-electron chi connectivity index (χ1n) is 8.31. The second-order valence-electron chi connectivity index (χ2n) is 5.82. The molecule has 0 saturated heterocycles. The first-order valence-corrected chi connectivity index (χ1v) is 8.31. The van der Waals surface area contributed by atoms with Gasteiger partial charge >= 0.3 is 0 Å². The van der Waals surface area contributed by atoms with Crippen LogP contribution in [0.3, 0.4) is 0 Å². The number of hydrogen-bond acceptors (Lipinski definition) is 4. The summed E-state index contributed by atoms with van der Waals surface area (Å²) in [4.78, 5) is 20.9. The van der Waals surface area contributed by atoms with E-state index in [1.54, 1.807) is 23.3 Å². The normalized spacial score (nSPS) is 11.9. The van der Waals surface area contributed by atoms with Crippen molar-refractivity contribution < 1.29 is 4.79 Å². The van der Waals surface area contributed by atoms with Crippen LogP contribution < -0.4 is 5.32 Å². The van der Waals surface area contributed by atoms with Gasteiger partial charge in [-0.2, -0.15) is 5.10 Å². The van der Waals surface area contributed by atoms with Crippen molar-refractivity contribution in [2.45, 2.75) is 25.8 Å². The highest BCUT2D eigenvalue weighted by Gasteiger charge is 2.18. The Kier molecular flexibility index (Phi) is 5.18. The number of carbonyl (C=O) groups is 1. The number of hydrogen-bond donors (Lipinski definition) is 1. The molecule has 0 aliphatic rings. The van der Waals surface area contributed by atoms with Crippen LogP contribution in [-0.2, 0) is 18.4 Å². The van der Waals surface area contributed by atoms with E-state index in [2.05, 4.69) is 20.4 Å². The van der Waals surface area contributed by atoms with Gasteiger partial charge in [0.05, 0.1) is 24.4 Å². The van der Waals surface area contributed by atoms with Crippen molar-refractivity contribution in [3.8, 4) is 11.4 Å². The van der Waals surface area contributed by atoms with Crippen molar-refractivity contribution in [2.75, 3.05) is 0 Å². The Morgan fingerprint density at radius 1 is 1.20 bits per heavy atom. The van der Waals surface area contributed by atoms with Gasteiger partial charge in [0.15, 0.2) is 0 Å². The molecule has 0 saturated carbocycles. The third kappa shape index (κ3) is 3.91. The number of aryl methyl sites for hydroxylation is 1. The summed E-state index contributed by atoms with van der Waals surface area (Å²) in [5, 5.41) is 7.46. The lowest BCUT2D eigenvalue weighted by Gasteiger charge is -2.15. The third-order valence-electron chi connectivity index (χ3n) is 4.17. The summed E-state index contributed by atoms with van der Waals surface area (Å²) in [7, 11) is 1.86. The molecule has 0 fully saturated rings. The molecule has 1 amide bonds. The minimum absolute atomic E-state index is 0.0240. The molecule has 0 aliphatic carbocycles. The van der Waals surface area contributed by atoms with Gasteiger partial charge in [0.25, 0.3) is 0 Å². The van der Waals surface area contributed by atoms with Gasteiger partial charge < -0.3 is 5.32 Å². The number of aromatic nitrogens is 4. The lowest BCUT2D eigenvalue weighted by molar-refractivity contribution is -0.122. The molecule has 2 aromatic heterocycles. The zero-order valence-electron chi connectivity index (χ0n) is 14.4. The van der Waals surface area contributed by atoms with Crippen molar-refractivity contribution in [1.82, 2.24) is 25.1 Å². The van der Waals surface area contributed by atoms with E-state index in [4.69, 9.17) is 0 Å². The molecule has 25 heavy (non-hydrogen) atoms. The standard InChI is InChI=1S/C19H21N5O/c1-3-16(14-7-5-4-6-8-14)19(25)22-12-15-11-17(23-24(15)2)18-13-20-9-10-21-18/h4-11,13,16H,3,12H2,1-2H3,(H,22,25)/t16-/m1/s1. The Morgan fingerprint density at radius 3 is 2.68 bits per heavy atom. The molecule has 3 aromatic rings. The number of benzene rings is 1. The van der Waals surface area contributed by atoms with Crippen molar-refractivity contribution >= 4 is 5.91 Å². The van der Waals surface area contributed by atoms with Crippen molar-refractivity contribution in [3.63, 3.8) is 0 Å². The largest absolute Gasteiger partial charge is 0.350 e. The van der Waals surface area contributed by atoms with E-state index in [0.717, 1.165) is 23.4 Å². The van der Waals surface area contributed by atoms with E-state index in [-0.39, 0.29) is 11.8 Å². The molecule has 6 nitrogen and oxygen atoms in total. The van der Waals surface area contributed by atoms with Crippen LogP contribution in [0, 0.1) is 0 Å². The topological polar surface area (TPSA) is 72.7 Å². The van der Waals surface area contributed by atoms with Gasteiger partial charge in [0.2, 0.25) is 5.91 Å². The minimum atomic E-state index is -0.145. The van der Waals surface area contributed by atoms with E-state index < -0.39 is 0 Å². The Balaban J connectivity index is 1.69. The van der Waals surface area contributed by atoms with E-state index in [1.807, 2.05) is 50.4 Å². The monoisotopic (exact) mass is 335 g/mol. The predicted octanol–water partition coefficient (Wildman–Crippen LogP) is 2.69. The second-order valence-corrected chi connectivity index (χ2v) is 5.82. The molecular weight excluding hydrogens is 314 g/mol. The molecule has 0 spiro atoms. The molecule has 0 bridgehead atoms. The first kappa shape index (κ1) is 16.8. The van der Waals surface area contributed by atoms with Crippen LogP contribution >= 0.6 is 0 Å². The van der Waals surface area contributed by atoms with Crippen molar-refractivity contribution in [2.24, 2.45) is 7.05 Å². The van der Waals surface area contributed by atoms with Gasteiger partial charge in [-0.05, 0) is 18.1 Å². The molecule has 1 aromatic carbocycles. The number of amides is 1. The van der Waals surface area contributed by atoms with Crippen LogP contribution in [0.15, 0.2) is 55.0 Å². The Hall–Kier alpha value is -3.02. The summed E-state index contributed by atoms with van der Waals surface area (Å²) in [5.41, 5.74) is 3.41. The zero-order valence-corrected chi connectivity index (χ0v) is 14.4. The summed E-state index contributed by atoms with van der Waals surface area (Å²) in [6.45, 7) is 2.44. The molecule has 1 N–H and O–H groups in total.